The van der Waals surface area contributed by atoms with E-state index < -0.39 is 0 Å². The van der Waals surface area contributed by atoms with Crippen LogP contribution in [0.4, 0.5) is 0 Å². The molecule has 2 aromatic rings. The van der Waals surface area contributed by atoms with Crippen molar-refractivity contribution in [1.82, 2.24) is 9.88 Å². The van der Waals surface area contributed by atoms with Crippen LogP contribution in [0, 0.1) is 5.41 Å². The smallest absolute Gasteiger partial charge is 0.0747 e. The summed E-state index contributed by atoms with van der Waals surface area (Å²) in [6.45, 7) is 9.54. The van der Waals surface area contributed by atoms with E-state index in [0.717, 1.165) is 47.5 Å². The number of hydrogen-bond donors (Lipinski definition) is 1. The van der Waals surface area contributed by atoms with Gasteiger partial charge in [-0.05, 0) is 35.6 Å². The molecule has 0 aliphatic heterocycles. The molecular weight excluding hydrogens is 296 g/mol. The molecule has 0 spiro atoms. The summed E-state index contributed by atoms with van der Waals surface area (Å²) in [6.07, 6.45) is 2.60. The first-order valence-electron chi connectivity index (χ1n) is 7.75. The number of hydrogen-bond acceptors (Lipinski definition) is 3. The molecule has 0 atom stereocenters. The van der Waals surface area contributed by atoms with Crippen molar-refractivity contribution in [3.63, 3.8) is 0 Å². The Kier molecular flexibility index (Phi) is 5.79. The van der Waals surface area contributed by atoms with Gasteiger partial charge in [0.05, 0.1) is 5.52 Å². The van der Waals surface area contributed by atoms with E-state index in [0.29, 0.717) is 0 Å². The zero-order valence-electron chi connectivity index (χ0n) is 13.6. The second-order valence-electron chi connectivity index (χ2n) is 6.99. The van der Waals surface area contributed by atoms with E-state index in [1.54, 1.807) is 0 Å². The van der Waals surface area contributed by atoms with Crippen LogP contribution >= 0.6 is 11.6 Å². The Balaban J connectivity index is 2.28. The van der Waals surface area contributed by atoms with Crippen LogP contribution in [0.5, 0.6) is 0 Å². The lowest BCUT2D eigenvalue weighted by atomic mass is 9.95. The Labute approximate surface area is 137 Å². The zero-order chi connectivity index (χ0) is 16.2. The Bertz CT molecular complexity index is 622. The largest absolute Gasteiger partial charge is 0.396 e. The fourth-order valence-corrected chi connectivity index (χ4v) is 3.02. The van der Waals surface area contributed by atoms with Crippen LogP contribution in [0.2, 0.25) is 5.02 Å². The Morgan fingerprint density at radius 1 is 1.27 bits per heavy atom. The second kappa shape index (κ2) is 7.40. The van der Waals surface area contributed by atoms with Gasteiger partial charge in [0.2, 0.25) is 0 Å². The van der Waals surface area contributed by atoms with Gasteiger partial charge in [0.15, 0.2) is 0 Å². The summed E-state index contributed by atoms with van der Waals surface area (Å²) in [5, 5.41) is 11.0. The summed E-state index contributed by atoms with van der Waals surface area (Å²) in [4.78, 5) is 6.89. The minimum atomic E-state index is 0.206. The molecule has 1 aromatic heterocycles. The van der Waals surface area contributed by atoms with Gasteiger partial charge in [-0.1, -0.05) is 38.4 Å². The molecule has 1 aromatic carbocycles. The van der Waals surface area contributed by atoms with Gasteiger partial charge in [0.1, 0.15) is 0 Å². The fraction of sp³-hybridized carbons (Fsp3) is 0.500. The summed E-state index contributed by atoms with van der Waals surface area (Å²) >= 11 is 6.26. The van der Waals surface area contributed by atoms with Crippen LogP contribution in [0.1, 0.15) is 32.8 Å². The topological polar surface area (TPSA) is 36.4 Å². The number of pyridine rings is 1. The van der Waals surface area contributed by atoms with Crippen LogP contribution in [0.25, 0.3) is 10.9 Å². The van der Waals surface area contributed by atoms with Gasteiger partial charge in [-0.3, -0.25) is 9.88 Å². The van der Waals surface area contributed by atoms with Crippen molar-refractivity contribution < 1.29 is 5.11 Å². The van der Waals surface area contributed by atoms with E-state index in [4.69, 9.17) is 16.7 Å². The number of fused-ring (bicyclic) bond motifs is 1. The molecule has 2 rings (SSSR count). The van der Waals surface area contributed by atoms with E-state index in [1.807, 2.05) is 30.5 Å². The van der Waals surface area contributed by atoms with Crippen molar-refractivity contribution in [2.45, 2.75) is 33.7 Å². The van der Waals surface area contributed by atoms with Crippen molar-refractivity contribution in [2.24, 2.45) is 5.41 Å². The highest BCUT2D eigenvalue weighted by atomic mass is 35.5. The standard InChI is InChI=1S/C18H25ClN2O/c1-18(2,3)13-21(8-5-9-22)12-15-11-16(19)10-14-6-4-7-20-17(14)15/h4,6-7,10-11,22H,5,8-9,12-13H2,1-3H3. The van der Waals surface area contributed by atoms with E-state index in [1.165, 1.54) is 0 Å². The highest BCUT2D eigenvalue weighted by Crippen LogP contribution is 2.25. The maximum absolute atomic E-state index is 9.14. The van der Waals surface area contributed by atoms with Gasteiger partial charge in [-0.2, -0.15) is 0 Å². The number of aliphatic hydroxyl groups is 1. The number of halogens is 1. The maximum Gasteiger partial charge on any atom is 0.0747 e. The maximum atomic E-state index is 9.14. The number of nitrogens with zero attached hydrogens (tertiary/aromatic N) is 2. The van der Waals surface area contributed by atoms with E-state index >= 15 is 0 Å². The Morgan fingerprint density at radius 3 is 2.73 bits per heavy atom. The summed E-state index contributed by atoms with van der Waals surface area (Å²) in [7, 11) is 0. The predicted octanol–water partition coefficient (Wildman–Crippen LogP) is 4.12. The van der Waals surface area contributed by atoms with Crippen LogP contribution < -0.4 is 0 Å². The molecule has 0 amide bonds. The van der Waals surface area contributed by atoms with Gasteiger partial charge in [-0.25, -0.2) is 0 Å². The fourth-order valence-electron chi connectivity index (χ4n) is 2.77. The Hall–Kier alpha value is -1.16. The highest BCUT2D eigenvalue weighted by Gasteiger charge is 2.17. The third-order valence-corrected chi connectivity index (χ3v) is 3.69. The molecule has 120 valence electrons. The molecule has 0 fully saturated rings. The van der Waals surface area contributed by atoms with Crippen molar-refractivity contribution in [2.75, 3.05) is 19.7 Å². The summed E-state index contributed by atoms with van der Waals surface area (Å²) in [5.74, 6) is 0. The number of benzene rings is 1. The van der Waals surface area contributed by atoms with Crippen molar-refractivity contribution in [3.05, 3.63) is 41.0 Å². The average molecular weight is 321 g/mol. The second-order valence-corrected chi connectivity index (χ2v) is 7.42. The molecule has 1 heterocycles. The van der Waals surface area contributed by atoms with Crippen LogP contribution in [-0.2, 0) is 6.54 Å². The molecule has 0 radical (unpaired) electrons. The first-order valence-corrected chi connectivity index (χ1v) is 8.13. The average Bonchev–Trinajstić information content (AvgIpc) is 2.43. The van der Waals surface area contributed by atoms with Crippen molar-refractivity contribution in [3.8, 4) is 0 Å². The molecular formula is C18H25ClN2O. The van der Waals surface area contributed by atoms with Crippen LogP contribution in [-0.4, -0.2) is 34.7 Å². The minimum Gasteiger partial charge on any atom is -0.396 e. The number of aromatic nitrogens is 1. The lowest BCUT2D eigenvalue weighted by Gasteiger charge is -2.30. The van der Waals surface area contributed by atoms with E-state index in [2.05, 4.69) is 30.7 Å². The third-order valence-electron chi connectivity index (χ3n) is 3.47. The first kappa shape index (κ1) is 17.2. The molecule has 0 unspecified atom stereocenters. The van der Waals surface area contributed by atoms with Crippen LogP contribution in [0.3, 0.4) is 0 Å². The van der Waals surface area contributed by atoms with Crippen molar-refractivity contribution >= 4 is 22.5 Å². The minimum absolute atomic E-state index is 0.206. The summed E-state index contributed by atoms with van der Waals surface area (Å²) in [5.41, 5.74) is 2.36. The monoisotopic (exact) mass is 320 g/mol. The molecule has 1 N–H and O–H groups in total. The lowest BCUT2D eigenvalue weighted by molar-refractivity contribution is 0.166. The summed E-state index contributed by atoms with van der Waals surface area (Å²) in [6, 6.07) is 7.93. The Morgan fingerprint density at radius 2 is 2.05 bits per heavy atom. The van der Waals surface area contributed by atoms with Gasteiger partial charge < -0.3 is 5.11 Å². The molecule has 0 aliphatic rings. The molecule has 22 heavy (non-hydrogen) atoms. The molecule has 3 nitrogen and oxygen atoms in total. The van der Waals surface area contributed by atoms with Gasteiger partial charge in [0.25, 0.3) is 0 Å². The number of rotatable bonds is 6. The lowest BCUT2D eigenvalue weighted by Crippen LogP contribution is -2.33. The van der Waals surface area contributed by atoms with E-state index in [9.17, 15) is 0 Å². The molecule has 4 heteroatoms. The van der Waals surface area contributed by atoms with Gasteiger partial charge in [-0.15, -0.1) is 0 Å². The predicted molar refractivity (Wildman–Crippen MR) is 93.2 cm³/mol. The van der Waals surface area contributed by atoms with E-state index in [-0.39, 0.29) is 12.0 Å². The first-order chi connectivity index (χ1) is 10.4. The molecule has 0 aliphatic carbocycles. The third kappa shape index (κ3) is 4.94. The quantitative estimate of drug-likeness (QED) is 0.869. The normalized spacial score (nSPS) is 12.3. The highest BCUT2D eigenvalue weighted by molar-refractivity contribution is 6.31. The molecule has 0 bridgehead atoms. The van der Waals surface area contributed by atoms with Gasteiger partial charge >= 0.3 is 0 Å². The number of aliphatic hydroxyl groups excluding tert-OH is 1. The SMILES string of the molecule is CC(C)(C)CN(CCCO)Cc1cc(Cl)cc2cccnc12. The molecule has 0 saturated carbocycles. The van der Waals surface area contributed by atoms with Crippen LogP contribution in [0.15, 0.2) is 30.5 Å². The van der Waals surface area contributed by atoms with Gasteiger partial charge in [0, 0.05) is 42.8 Å². The molecule has 0 saturated heterocycles. The summed E-state index contributed by atoms with van der Waals surface area (Å²) < 4.78 is 0. The zero-order valence-corrected chi connectivity index (χ0v) is 14.4. The van der Waals surface area contributed by atoms with Crippen molar-refractivity contribution in [1.29, 1.82) is 0 Å².